The number of hydrogen-bond acceptors (Lipinski definition) is 3. The van der Waals surface area contributed by atoms with Gasteiger partial charge in [0.1, 0.15) is 0 Å². The zero-order chi connectivity index (χ0) is 15.4. The van der Waals surface area contributed by atoms with Crippen molar-refractivity contribution < 1.29 is 4.79 Å². The van der Waals surface area contributed by atoms with Crippen LogP contribution in [0.3, 0.4) is 0 Å². The summed E-state index contributed by atoms with van der Waals surface area (Å²) in [7, 11) is 0. The molecule has 0 aromatic carbocycles. The second-order valence-corrected chi connectivity index (χ2v) is 7.77. The third kappa shape index (κ3) is 4.02. The van der Waals surface area contributed by atoms with Crippen molar-refractivity contribution in [3.63, 3.8) is 0 Å². The highest BCUT2D eigenvalue weighted by Crippen LogP contribution is 2.31. The van der Waals surface area contributed by atoms with Crippen LogP contribution in [0.5, 0.6) is 0 Å². The van der Waals surface area contributed by atoms with Crippen LogP contribution in [0.15, 0.2) is 0 Å². The summed E-state index contributed by atoms with van der Waals surface area (Å²) in [5.41, 5.74) is 5.80. The summed E-state index contributed by atoms with van der Waals surface area (Å²) in [5, 5.41) is 3.32. The lowest BCUT2D eigenvalue weighted by Gasteiger charge is -2.34. The minimum absolute atomic E-state index is 0.182. The lowest BCUT2D eigenvalue weighted by atomic mass is 9.94. The molecule has 3 N–H and O–H groups in total. The second-order valence-electron chi connectivity index (χ2n) is 7.77. The van der Waals surface area contributed by atoms with Gasteiger partial charge in [0.2, 0.25) is 5.91 Å². The molecule has 3 aliphatic rings. The van der Waals surface area contributed by atoms with Gasteiger partial charge in [-0.3, -0.25) is 4.79 Å². The zero-order valence-electron chi connectivity index (χ0n) is 13.9. The van der Waals surface area contributed by atoms with Crippen LogP contribution in [-0.4, -0.2) is 43.0 Å². The SMILES string of the molecule is NC[C@H]1CCC[C@H]1C(=O)NC1CCN(CC2CCCC2)CC1. The Morgan fingerprint density at radius 3 is 2.41 bits per heavy atom. The molecule has 1 saturated heterocycles. The number of carbonyl (C=O) groups is 1. The maximum absolute atomic E-state index is 12.5. The van der Waals surface area contributed by atoms with E-state index in [4.69, 9.17) is 5.73 Å². The van der Waals surface area contributed by atoms with Crippen LogP contribution < -0.4 is 11.1 Å². The predicted octanol–water partition coefficient (Wildman–Crippen LogP) is 2.13. The molecule has 0 aromatic rings. The van der Waals surface area contributed by atoms with Crippen molar-refractivity contribution in [2.75, 3.05) is 26.2 Å². The summed E-state index contributed by atoms with van der Waals surface area (Å²) in [6, 6.07) is 0.395. The topological polar surface area (TPSA) is 58.4 Å². The first kappa shape index (κ1) is 16.3. The molecule has 2 aliphatic carbocycles. The largest absolute Gasteiger partial charge is 0.353 e. The van der Waals surface area contributed by atoms with Gasteiger partial charge in [0.25, 0.3) is 0 Å². The summed E-state index contributed by atoms with van der Waals surface area (Å²) >= 11 is 0. The van der Waals surface area contributed by atoms with Gasteiger partial charge in [0.05, 0.1) is 0 Å². The Kier molecular flexibility index (Phi) is 5.75. The molecule has 1 amide bonds. The van der Waals surface area contributed by atoms with Crippen LogP contribution >= 0.6 is 0 Å². The van der Waals surface area contributed by atoms with Crippen molar-refractivity contribution in [1.29, 1.82) is 0 Å². The molecule has 1 aliphatic heterocycles. The first-order valence-corrected chi connectivity index (χ1v) is 9.49. The molecule has 3 fully saturated rings. The van der Waals surface area contributed by atoms with E-state index < -0.39 is 0 Å². The summed E-state index contributed by atoms with van der Waals surface area (Å²) < 4.78 is 0. The molecule has 0 unspecified atom stereocenters. The van der Waals surface area contributed by atoms with Gasteiger partial charge in [0.15, 0.2) is 0 Å². The van der Waals surface area contributed by atoms with Gasteiger partial charge in [0, 0.05) is 31.6 Å². The molecule has 0 spiro atoms. The van der Waals surface area contributed by atoms with Crippen molar-refractivity contribution in [3.05, 3.63) is 0 Å². The number of nitrogens with one attached hydrogen (secondary N) is 1. The molecule has 0 aromatic heterocycles. The van der Waals surface area contributed by atoms with Gasteiger partial charge in [-0.2, -0.15) is 0 Å². The third-order valence-electron chi connectivity index (χ3n) is 6.22. The van der Waals surface area contributed by atoms with E-state index in [1.54, 1.807) is 0 Å². The number of amides is 1. The molecule has 1 heterocycles. The number of nitrogens with zero attached hydrogens (tertiary/aromatic N) is 1. The highest BCUT2D eigenvalue weighted by Gasteiger charge is 2.33. The Balaban J connectivity index is 1.38. The van der Waals surface area contributed by atoms with E-state index in [1.807, 2.05) is 0 Å². The Morgan fingerprint density at radius 2 is 1.73 bits per heavy atom. The molecule has 3 rings (SSSR count). The monoisotopic (exact) mass is 307 g/mol. The van der Waals surface area contributed by atoms with Crippen molar-refractivity contribution in [3.8, 4) is 0 Å². The standard InChI is InChI=1S/C18H33N3O/c19-12-15-6-3-7-17(15)18(22)20-16-8-10-21(11-9-16)13-14-4-1-2-5-14/h14-17H,1-13,19H2,(H,20,22)/t15-,17-/m1/s1. The first-order chi connectivity index (χ1) is 10.8. The molecule has 0 radical (unpaired) electrons. The molecular formula is C18H33N3O. The Morgan fingerprint density at radius 1 is 1.00 bits per heavy atom. The summed E-state index contributed by atoms with van der Waals surface area (Å²) in [6.07, 6.45) is 11.3. The molecule has 22 heavy (non-hydrogen) atoms. The molecule has 4 nitrogen and oxygen atoms in total. The molecule has 2 atom stereocenters. The number of nitrogens with two attached hydrogens (primary N) is 1. The van der Waals surface area contributed by atoms with E-state index in [2.05, 4.69) is 10.2 Å². The Hall–Kier alpha value is -0.610. The summed E-state index contributed by atoms with van der Waals surface area (Å²) in [6.45, 7) is 4.27. The van der Waals surface area contributed by atoms with Crippen LogP contribution in [-0.2, 0) is 4.79 Å². The maximum Gasteiger partial charge on any atom is 0.223 e. The van der Waals surface area contributed by atoms with Gasteiger partial charge in [-0.25, -0.2) is 0 Å². The Bertz CT molecular complexity index is 359. The number of hydrogen-bond donors (Lipinski definition) is 2. The van der Waals surface area contributed by atoms with E-state index >= 15 is 0 Å². The van der Waals surface area contributed by atoms with Crippen LogP contribution in [0.25, 0.3) is 0 Å². The van der Waals surface area contributed by atoms with Gasteiger partial charge >= 0.3 is 0 Å². The van der Waals surface area contributed by atoms with Crippen LogP contribution in [0.2, 0.25) is 0 Å². The predicted molar refractivity (Wildman–Crippen MR) is 89.4 cm³/mol. The zero-order valence-corrected chi connectivity index (χ0v) is 13.9. The fourth-order valence-corrected chi connectivity index (χ4v) is 4.79. The molecule has 126 valence electrons. The highest BCUT2D eigenvalue weighted by atomic mass is 16.2. The van der Waals surface area contributed by atoms with Crippen molar-refractivity contribution >= 4 is 5.91 Å². The fourth-order valence-electron chi connectivity index (χ4n) is 4.79. The minimum atomic E-state index is 0.182. The normalized spacial score (nSPS) is 31.7. The number of piperidine rings is 1. The van der Waals surface area contributed by atoms with Crippen molar-refractivity contribution in [2.24, 2.45) is 23.5 Å². The smallest absolute Gasteiger partial charge is 0.223 e. The molecular weight excluding hydrogens is 274 g/mol. The first-order valence-electron chi connectivity index (χ1n) is 9.49. The van der Waals surface area contributed by atoms with Crippen LogP contribution in [0, 0.1) is 17.8 Å². The van der Waals surface area contributed by atoms with E-state index in [9.17, 15) is 4.79 Å². The van der Waals surface area contributed by atoms with E-state index in [-0.39, 0.29) is 11.8 Å². The third-order valence-corrected chi connectivity index (χ3v) is 6.22. The number of likely N-dealkylation sites (tertiary alicyclic amines) is 1. The second kappa shape index (κ2) is 7.78. The lowest BCUT2D eigenvalue weighted by molar-refractivity contribution is -0.127. The van der Waals surface area contributed by atoms with Gasteiger partial charge in [-0.1, -0.05) is 19.3 Å². The average Bonchev–Trinajstić information content (AvgIpc) is 3.20. The Labute approximate surface area is 135 Å². The minimum Gasteiger partial charge on any atom is -0.353 e. The lowest BCUT2D eigenvalue weighted by Crippen LogP contribution is -2.47. The van der Waals surface area contributed by atoms with Crippen LogP contribution in [0.1, 0.15) is 57.8 Å². The number of rotatable bonds is 5. The molecule has 0 bridgehead atoms. The summed E-state index contributed by atoms with van der Waals surface area (Å²) in [4.78, 5) is 15.1. The maximum atomic E-state index is 12.5. The van der Waals surface area contributed by atoms with Crippen molar-refractivity contribution in [1.82, 2.24) is 10.2 Å². The molecule has 4 heteroatoms. The van der Waals surface area contributed by atoms with Crippen molar-refractivity contribution in [2.45, 2.75) is 63.8 Å². The number of carbonyl (C=O) groups excluding carboxylic acids is 1. The molecule has 2 saturated carbocycles. The van der Waals surface area contributed by atoms with E-state index in [0.29, 0.717) is 18.5 Å². The van der Waals surface area contributed by atoms with Gasteiger partial charge in [-0.15, -0.1) is 0 Å². The highest BCUT2D eigenvalue weighted by molar-refractivity contribution is 5.79. The average molecular weight is 307 g/mol. The quantitative estimate of drug-likeness (QED) is 0.818. The van der Waals surface area contributed by atoms with E-state index in [1.165, 1.54) is 38.6 Å². The van der Waals surface area contributed by atoms with E-state index in [0.717, 1.165) is 44.7 Å². The summed E-state index contributed by atoms with van der Waals surface area (Å²) in [5.74, 6) is 1.82. The fraction of sp³-hybridized carbons (Fsp3) is 0.944. The van der Waals surface area contributed by atoms with Crippen LogP contribution in [0.4, 0.5) is 0 Å². The van der Waals surface area contributed by atoms with Gasteiger partial charge < -0.3 is 16.0 Å². The van der Waals surface area contributed by atoms with Gasteiger partial charge in [-0.05, 0) is 56.9 Å².